The molecule has 0 radical (unpaired) electrons. The standard InChI is InChI=1S/C19H24N2O2S/c1-16-7-9-17(10-8-16)15-24(22,23)20-12-4-13-21-14-11-18-5-2-3-6-19(18)21/h2-3,5-10,20H,4,11-15H2,1H3. The molecule has 24 heavy (non-hydrogen) atoms. The van der Waals surface area contributed by atoms with Crippen LogP contribution in [0.4, 0.5) is 5.69 Å². The largest absolute Gasteiger partial charge is 0.371 e. The number of anilines is 1. The van der Waals surface area contributed by atoms with Crippen LogP contribution in [0.25, 0.3) is 0 Å². The van der Waals surface area contributed by atoms with E-state index in [4.69, 9.17) is 0 Å². The van der Waals surface area contributed by atoms with Gasteiger partial charge in [-0.3, -0.25) is 0 Å². The van der Waals surface area contributed by atoms with Gasteiger partial charge < -0.3 is 4.90 Å². The summed E-state index contributed by atoms with van der Waals surface area (Å²) in [6, 6.07) is 16.1. The van der Waals surface area contributed by atoms with Gasteiger partial charge in [0.15, 0.2) is 0 Å². The summed E-state index contributed by atoms with van der Waals surface area (Å²) in [7, 11) is -3.27. The summed E-state index contributed by atoms with van der Waals surface area (Å²) in [6.07, 6.45) is 1.89. The number of para-hydroxylation sites is 1. The minimum Gasteiger partial charge on any atom is -0.371 e. The first-order chi connectivity index (χ1) is 11.5. The van der Waals surface area contributed by atoms with Gasteiger partial charge in [0.05, 0.1) is 5.75 Å². The van der Waals surface area contributed by atoms with Crippen molar-refractivity contribution in [1.29, 1.82) is 0 Å². The van der Waals surface area contributed by atoms with Crippen molar-refractivity contribution in [3.63, 3.8) is 0 Å². The van der Waals surface area contributed by atoms with Crippen molar-refractivity contribution in [2.75, 3.05) is 24.5 Å². The Kier molecular flexibility index (Phi) is 5.21. The molecular weight excluding hydrogens is 320 g/mol. The van der Waals surface area contributed by atoms with Gasteiger partial charge in [0, 0.05) is 25.3 Å². The van der Waals surface area contributed by atoms with E-state index in [0.29, 0.717) is 6.54 Å². The molecule has 0 bridgehead atoms. The summed E-state index contributed by atoms with van der Waals surface area (Å²) in [4.78, 5) is 2.34. The van der Waals surface area contributed by atoms with Gasteiger partial charge in [-0.05, 0) is 37.0 Å². The fraction of sp³-hybridized carbons (Fsp3) is 0.368. The molecule has 128 valence electrons. The second kappa shape index (κ2) is 7.36. The third kappa shape index (κ3) is 4.36. The van der Waals surface area contributed by atoms with E-state index in [2.05, 4.69) is 33.9 Å². The molecule has 2 aromatic rings. The summed E-state index contributed by atoms with van der Waals surface area (Å²) in [5.41, 5.74) is 4.63. The number of hydrogen-bond acceptors (Lipinski definition) is 3. The number of aryl methyl sites for hydroxylation is 1. The van der Waals surface area contributed by atoms with Gasteiger partial charge in [-0.25, -0.2) is 13.1 Å². The highest BCUT2D eigenvalue weighted by molar-refractivity contribution is 7.88. The molecule has 0 aromatic heterocycles. The van der Waals surface area contributed by atoms with E-state index >= 15 is 0 Å². The lowest BCUT2D eigenvalue weighted by Gasteiger charge is -2.19. The molecule has 0 aliphatic carbocycles. The van der Waals surface area contributed by atoms with E-state index in [1.807, 2.05) is 31.2 Å². The number of fused-ring (bicyclic) bond motifs is 1. The fourth-order valence-corrected chi connectivity index (χ4v) is 4.28. The van der Waals surface area contributed by atoms with Crippen molar-refractivity contribution < 1.29 is 8.42 Å². The van der Waals surface area contributed by atoms with E-state index < -0.39 is 10.0 Å². The minimum atomic E-state index is -3.27. The van der Waals surface area contributed by atoms with Gasteiger partial charge in [0.2, 0.25) is 10.0 Å². The van der Waals surface area contributed by atoms with Crippen LogP contribution >= 0.6 is 0 Å². The third-order valence-corrected chi connectivity index (χ3v) is 5.74. The van der Waals surface area contributed by atoms with Gasteiger partial charge in [0.1, 0.15) is 0 Å². The Labute approximate surface area is 144 Å². The molecule has 0 fully saturated rings. The SMILES string of the molecule is Cc1ccc(CS(=O)(=O)NCCCN2CCc3ccccc32)cc1. The molecule has 0 atom stereocenters. The number of hydrogen-bond donors (Lipinski definition) is 1. The van der Waals surface area contributed by atoms with Gasteiger partial charge in [-0.1, -0.05) is 48.0 Å². The highest BCUT2D eigenvalue weighted by atomic mass is 32.2. The molecule has 0 saturated heterocycles. The zero-order chi connectivity index (χ0) is 17.0. The predicted octanol–water partition coefficient (Wildman–Crippen LogP) is 2.87. The van der Waals surface area contributed by atoms with Crippen LogP contribution in [0, 0.1) is 6.92 Å². The molecule has 0 saturated carbocycles. The van der Waals surface area contributed by atoms with E-state index in [0.717, 1.165) is 37.1 Å². The molecule has 3 rings (SSSR count). The van der Waals surface area contributed by atoms with Crippen molar-refractivity contribution in [2.45, 2.75) is 25.5 Å². The smallest absolute Gasteiger partial charge is 0.215 e. The van der Waals surface area contributed by atoms with Crippen LogP contribution < -0.4 is 9.62 Å². The Balaban J connectivity index is 1.45. The van der Waals surface area contributed by atoms with Crippen molar-refractivity contribution in [1.82, 2.24) is 4.72 Å². The number of nitrogens with one attached hydrogen (secondary N) is 1. The zero-order valence-corrected chi connectivity index (χ0v) is 14.8. The quantitative estimate of drug-likeness (QED) is 0.786. The lowest BCUT2D eigenvalue weighted by atomic mass is 10.2. The molecule has 1 heterocycles. The summed E-state index contributed by atoms with van der Waals surface area (Å²) in [5, 5.41) is 0. The maximum Gasteiger partial charge on any atom is 0.215 e. The molecular formula is C19H24N2O2S. The van der Waals surface area contributed by atoms with Gasteiger partial charge in [-0.2, -0.15) is 0 Å². The van der Waals surface area contributed by atoms with Crippen LogP contribution in [0.15, 0.2) is 48.5 Å². The number of sulfonamides is 1. The number of benzene rings is 2. The van der Waals surface area contributed by atoms with E-state index in [9.17, 15) is 8.42 Å². The maximum absolute atomic E-state index is 12.2. The zero-order valence-electron chi connectivity index (χ0n) is 14.0. The summed E-state index contributed by atoms with van der Waals surface area (Å²) >= 11 is 0. The normalized spacial score (nSPS) is 14.0. The van der Waals surface area contributed by atoms with Crippen molar-refractivity contribution in [3.8, 4) is 0 Å². The van der Waals surface area contributed by atoms with E-state index in [-0.39, 0.29) is 5.75 Å². The summed E-state index contributed by atoms with van der Waals surface area (Å²) < 4.78 is 27.0. The number of nitrogens with zero attached hydrogens (tertiary/aromatic N) is 1. The Hall–Kier alpha value is -1.85. The second-order valence-electron chi connectivity index (χ2n) is 6.36. The lowest BCUT2D eigenvalue weighted by Crippen LogP contribution is -2.30. The lowest BCUT2D eigenvalue weighted by molar-refractivity contribution is 0.577. The maximum atomic E-state index is 12.2. The molecule has 0 unspecified atom stereocenters. The third-order valence-electron chi connectivity index (χ3n) is 4.39. The van der Waals surface area contributed by atoms with Crippen LogP contribution in [0.3, 0.4) is 0 Å². The Morgan fingerprint density at radius 1 is 1.08 bits per heavy atom. The molecule has 0 spiro atoms. The highest BCUT2D eigenvalue weighted by Crippen LogP contribution is 2.27. The van der Waals surface area contributed by atoms with E-state index in [1.165, 1.54) is 11.3 Å². The van der Waals surface area contributed by atoms with Gasteiger partial charge >= 0.3 is 0 Å². The van der Waals surface area contributed by atoms with Crippen molar-refractivity contribution >= 4 is 15.7 Å². The molecule has 4 nitrogen and oxygen atoms in total. The van der Waals surface area contributed by atoms with Crippen molar-refractivity contribution in [3.05, 3.63) is 65.2 Å². The Morgan fingerprint density at radius 3 is 2.62 bits per heavy atom. The van der Waals surface area contributed by atoms with Gasteiger partial charge in [-0.15, -0.1) is 0 Å². The average Bonchev–Trinajstić information content (AvgIpc) is 2.97. The van der Waals surface area contributed by atoms with E-state index in [1.54, 1.807) is 0 Å². The number of rotatable bonds is 7. The minimum absolute atomic E-state index is 0.0415. The first kappa shape index (κ1) is 17.0. The summed E-state index contributed by atoms with van der Waals surface area (Å²) in [6.45, 7) is 4.37. The van der Waals surface area contributed by atoms with Crippen LogP contribution in [0.1, 0.15) is 23.1 Å². The monoisotopic (exact) mass is 344 g/mol. The van der Waals surface area contributed by atoms with Crippen molar-refractivity contribution in [2.24, 2.45) is 0 Å². The predicted molar refractivity (Wildman–Crippen MR) is 98.8 cm³/mol. The molecule has 5 heteroatoms. The Morgan fingerprint density at radius 2 is 1.83 bits per heavy atom. The van der Waals surface area contributed by atoms with Crippen LogP contribution in [0.2, 0.25) is 0 Å². The molecule has 1 aliphatic rings. The molecule has 0 amide bonds. The second-order valence-corrected chi connectivity index (χ2v) is 8.17. The molecule has 1 aliphatic heterocycles. The topological polar surface area (TPSA) is 49.4 Å². The fourth-order valence-electron chi connectivity index (χ4n) is 3.09. The summed E-state index contributed by atoms with van der Waals surface area (Å²) in [5.74, 6) is 0.0415. The van der Waals surface area contributed by atoms with Crippen LogP contribution in [-0.4, -0.2) is 28.1 Å². The average molecular weight is 344 g/mol. The van der Waals surface area contributed by atoms with Gasteiger partial charge in [0.25, 0.3) is 0 Å². The highest BCUT2D eigenvalue weighted by Gasteiger charge is 2.18. The Bertz CT molecular complexity index is 785. The first-order valence-corrected chi connectivity index (χ1v) is 10.0. The van der Waals surface area contributed by atoms with Crippen LogP contribution in [-0.2, 0) is 22.2 Å². The van der Waals surface area contributed by atoms with Crippen LogP contribution in [0.5, 0.6) is 0 Å². The molecule has 1 N–H and O–H groups in total. The first-order valence-electron chi connectivity index (χ1n) is 8.39. The molecule has 2 aromatic carbocycles.